The monoisotopic (exact) mass is 294 g/mol. The molecule has 3 aromatic rings. The molecule has 0 saturated carbocycles. The molecule has 1 fully saturated rings. The third-order valence-corrected chi connectivity index (χ3v) is 3.69. The van der Waals surface area contributed by atoms with Crippen LogP contribution < -0.4 is 5.56 Å². The lowest BCUT2D eigenvalue weighted by Gasteiger charge is -2.14. The average molecular weight is 294 g/mol. The molecule has 0 aromatic carbocycles. The van der Waals surface area contributed by atoms with Crippen molar-refractivity contribution < 1.29 is 16.3 Å². The molecule has 0 amide bonds. The van der Waals surface area contributed by atoms with Gasteiger partial charge in [-0.15, -0.1) is 0 Å². The third-order valence-electron chi connectivity index (χ3n) is 3.69. The van der Waals surface area contributed by atoms with Crippen molar-refractivity contribution >= 4 is 16.9 Å². The molecule has 9 nitrogen and oxygen atoms in total. The number of H-pyrrole nitrogens is 1. The zero-order valence-electron chi connectivity index (χ0n) is 11.8. The maximum absolute atomic E-state index is 12.1. The molecule has 110 valence electrons. The summed E-state index contributed by atoms with van der Waals surface area (Å²) in [4.78, 5) is 22.6. The Labute approximate surface area is 118 Å². The van der Waals surface area contributed by atoms with Gasteiger partial charge in [0.15, 0.2) is 11.2 Å². The smallest absolute Gasteiger partial charge is 0.280 e. The van der Waals surface area contributed by atoms with E-state index < -0.39 is 24.0 Å². The van der Waals surface area contributed by atoms with Crippen molar-refractivity contribution in [2.24, 2.45) is 0 Å². The van der Waals surface area contributed by atoms with Crippen LogP contribution in [0.15, 0.2) is 23.5 Å². The van der Waals surface area contributed by atoms with Gasteiger partial charge in [-0.25, -0.2) is 9.97 Å². The van der Waals surface area contributed by atoms with E-state index >= 15 is 0 Å². The van der Waals surface area contributed by atoms with E-state index in [0.29, 0.717) is 11.4 Å². The lowest BCUT2D eigenvalue weighted by Crippen LogP contribution is -2.24. The Morgan fingerprint density at radius 1 is 1.57 bits per heavy atom. The number of aliphatic hydroxyl groups is 2. The van der Waals surface area contributed by atoms with Crippen LogP contribution in [0.5, 0.6) is 0 Å². The van der Waals surface area contributed by atoms with E-state index in [9.17, 15) is 15.0 Å². The van der Waals surface area contributed by atoms with Gasteiger partial charge >= 0.3 is 0 Å². The van der Waals surface area contributed by atoms with E-state index in [0.717, 1.165) is 0 Å². The number of imidazole rings is 2. The predicted octanol–water partition coefficient (Wildman–Crippen LogP) is -0.987. The number of aromatic amines is 1. The second-order valence-electron chi connectivity index (χ2n) is 4.94. The van der Waals surface area contributed by atoms with Crippen LogP contribution >= 0.6 is 0 Å². The highest BCUT2D eigenvalue weighted by Crippen LogP contribution is 2.30. The number of hydrogen-bond donors (Lipinski definition) is 3. The van der Waals surface area contributed by atoms with Gasteiger partial charge in [-0.05, 0) is 0 Å². The minimum absolute atomic E-state index is 0.0982. The van der Waals surface area contributed by atoms with Crippen molar-refractivity contribution in [3.8, 4) is 0 Å². The number of fused-ring (bicyclic) bond motifs is 3. The van der Waals surface area contributed by atoms with Gasteiger partial charge in [0.1, 0.15) is 13.7 Å². The molecule has 0 unspecified atom stereocenters. The molecule has 3 N–H and O–H groups in total. The molecule has 1 aliphatic heterocycles. The Hall–Kier alpha value is -2.23. The van der Waals surface area contributed by atoms with Gasteiger partial charge in [-0.2, -0.15) is 0 Å². The van der Waals surface area contributed by atoms with Crippen molar-refractivity contribution in [2.45, 2.75) is 24.9 Å². The maximum Gasteiger partial charge on any atom is 0.280 e. The lowest BCUT2D eigenvalue weighted by atomic mass is 10.2. The van der Waals surface area contributed by atoms with Crippen LogP contribution in [0.4, 0.5) is 0 Å². The Bertz CT molecular complexity index is 915. The van der Waals surface area contributed by atoms with E-state index in [-0.39, 0.29) is 24.8 Å². The molecule has 3 aromatic heterocycles. The van der Waals surface area contributed by atoms with E-state index in [4.69, 9.17) is 6.11 Å². The summed E-state index contributed by atoms with van der Waals surface area (Å²) in [5.74, 6) is 0.330. The summed E-state index contributed by atoms with van der Waals surface area (Å²) in [7, 11) is 0. The quantitative estimate of drug-likeness (QED) is 0.559. The van der Waals surface area contributed by atoms with Gasteiger partial charge in [-0.1, -0.05) is 0 Å². The van der Waals surface area contributed by atoms with Crippen LogP contribution in [0.2, 0.25) is 0 Å². The first-order chi connectivity index (χ1) is 10.6. The van der Waals surface area contributed by atoms with Crippen LogP contribution in [0.25, 0.3) is 16.9 Å². The number of aliphatic hydroxyl groups excluding tert-OH is 2. The summed E-state index contributed by atoms with van der Waals surface area (Å²) in [5, 5.41) is 19.1. The fraction of sp³-hybridized carbons (Fsp3) is 0.417. The molecule has 1 aliphatic rings. The van der Waals surface area contributed by atoms with E-state index in [1.165, 1.54) is 10.8 Å². The Balaban J connectivity index is 1.98. The van der Waals surface area contributed by atoms with Crippen LogP contribution in [-0.4, -0.2) is 52.9 Å². The minimum atomic E-state index is -0.841. The fourth-order valence-corrected chi connectivity index (χ4v) is 2.66. The lowest BCUT2D eigenvalue weighted by molar-refractivity contribution is -0.0432. The van der Waals surface area contributed by atoms with Gasteiger partial charge < -0.3 is 14.9 Å². The molecule has 0 spiro atoms. The number of nitrogens with zero attached hydrogens (tertiary/aromatic N) is 4. The summed E-state index contributed by atoms with van der Waals surface area (Å²) in [6, 6.07) is 0. The Morgan fingerprint density at radius 3 is 3.19 bits per heavy atom. The zero-order chi connectivity index (χ0) is 15.4. The molecule has 9 heteroatoms. The molecule has 0 bridgehead atoms. The molecule has 4 rings (SSSR count). The highest BCUT2D eigenvalue weighted by molar-refractivity contribution is 5.72. The van der Waals surface area contributed by atoms with Crippen molar-refractivity contribution in [1.29, 1.82) is 0 Å². The molecule has 21 heavy (non-hydrogen) atoms. The van der Waals surface area contributed by atoms with Crippen molar-refractivity contribution in [3.63, 3.8) is 0 Å². The van der Waals surface area contributed by atoms with Crippen molar-refractivity contribution in [3.05, 3.63) is 29.1 Å². The summed E-state index contributed by atoms with van der Waals surface area (Å²) in [6.07, 6.45) is 0.960. The molecule has 0 radical (unpaired) electrons. The number of ether oxygens (including phenoxy) is 1. The van der Waals surface area contributed by atoms with E-state index in [2.05, 4.69) is 15.0 Å². The second-order valence-corrected chi connectivity index (χ2v) is 4.94. The number of nitrogens with one attached hydrogen (secondary N) is 1. The first-order valence-corrected chi connectivity index (χ1v) is 6.48. The standard InChI is InChI=1S/C12H13N5O4/c18-4-7-6(19)3-8(21-7)17-5-14-9-10(20)15-12-13-1-2-16(12)11(9)17/h1-2,5-8,18-19H,3-4H2,(H,13,15,20)/t6-,7+,8+/m0/s1/i1+1,2+1,5D. The van der Waals surface area contributed by atoms with Crippen LogP contribution in [0.1, 0.15) is 14.0 Å². The summed E-state index contributed by atoms with van der Waals surface area (Å²) < 4.78 is 16.6. The normalized spacial score (nSPS) is 26.8. The SMILES string of the molecule is [2H]c1nc2c(=O)[nH]c3n[13cH][13cH]n3c2n1[C@H]1C[C@H](O)[C@@H](CO)O1. The Kier molecular flexibility index (Phi) is 2.39. The highest BCUT2D eigenvalue weighted by atomic mass is 16.5. The molecular formula is C12H13N5O4. The van der Waals surface area contributed by atoms with Gasteiger partial charge in [0.25, 0.3) is 5.56 Å². The number of hydrogen-bond acceptors (Lipinski definition) is 6. The first-order valence-electron chi connectivity index (χ1n) is 6.98. The predicted molar refractivity (Wildman–Crippen MR) is 70.7 cm³/mol. The zero-order valence-corrected chi connectivity index (χ0v) is 10.8. The average Bonchev–Trinajstić information content (AvgIpc) is 3.15. The summed E-state index contributed by atoms with van der Waals surface area (Å²) in [6.45, 7) is -0.321. The van der Waals surface area contributed by atoms with Crippen LogP contribution in [0, 0.1) is 0 Å². The van der Waals surface area contributed by atoms with Crippen molar-refractivity contribution in [2.75, 3.05) is 6.61 Å². The highest BCUT2D eigenvalue weighted by Gasteiger charge is 2.35. The number of aromatic nitrogens is 5. The van der Waals surface area contributed by atoms with E-state index in [1.807, 2.05) is 0 Å². The second kappa shape index (κ2) is 4.38. The van der Waals surface area contributed by atoms with Crippen LogP contribution in [-0.2, 0) is 4.74 Å². The number of rotatable bonds is 2. The summed E-state index contributed by atoms with van der Waals surface area (Å²) >= 11 is 0. The van der Waals surface area contributed by atoms with E-state index in [1.54, 1.807) is 10.6 Å². The topological polar surface area (TPSA) is 118 Å². The molecule has 0 aliphatic carbocycles. The van der Waals surface area contributed by atoms with Crippen LogP contribution in [0.3, 0.4) is 0 Å². The first kappa shape index (κ1) is 11.4. The largest absolute Gasteiger partial charge is 0.394 e. The third kappa shape index (κ3) is 1.71. The van der Waals surface area contributed by atoms with Crippen molar-refractivity contribution in [1.82, 2.24) is 23.9 Å². The van der Waals surface area contributed by atoms with Gasteiger partial charge in [0.05, 0.1) is 19.0 Å². The van der Waals surface area contributed by atoms with Gasteiger partial charge in [0, 0.05) is 18.8 Å². The molecule has 4 heterocycles. The molecular weight excluding hydrogens is 280 g/mol. The van der Waals surface area contributed by atoms with Gasteiger partial charge in [0.2, 0.25) is 5.78 Å². The molecule has 3 atom stereocenters. The molecule has 1 saturated heterocycles. The Morgan fingerprint density at radius 2 is 2.43 bits per heavy atom. The minimum Gasteiger partial charge on any atom is -0.394 e. The summed E-state index contributed by atoms with van der Waals surface area (Å²) in [5.41, 5.74) is 0.0243. The maximum atomic E-state index is 12.1. The fourth-order valence-electron chi connectivity index (χ4n) is 2.66. The van der Waals surface area contributed by atoms with Gasteiger partial charge in [-0.3, -0.25) is 18.7 Å².